The van der Waals surface area contributed by atoms with Crippen LogP contribution in [0.4, 0.5) is 17.3 Å². The minimum absolute atomic E-state index is 0.0635. The molecule has 4 rings (SSSR count). The molecule has 1 aliphatic rings. The van der Waals surface area contributed by atoms with E-state index in [0.29, 0.717) is 43.5 Å². The average molecular weight is 380 g/mol. The van der Waals surface area contributed by atoms with Crippen LogP contribution in [0.25, 0.3) is 11.0 Å². The fourth-order valence-electron chi connectivity index (χ4n) is 3.25. The van der Waals surface area contributed by atoms with Gasteiger partial charge < -0.3 is 14.2 Å². The molecule has 0 spiro atoms. The van der Waals surface area contributed by atoms with Crippen LogP contribution in [0.3, 0.4) is 0 Å². The normalized spacial score (nSPS) is 14.7. The van der Waals surface area contributed by atoms with E-state index in [9.17, 15) is 10.1 Å². The summed E-state index contributed by atoms with van der Waals surface area (Å²) in [5.74, 6) is 0.594. The lowest BCUT2D eigenvalue weighted by Crippen LogP contribution is -2.36. The van der Waals surface area contributed by atoms with Crippen molar-refractivity contribution in [3.05, 3.63) is 58.1 Å². The lowest BCUT2D eigenvalue weighted by Gasteiger charge is -2.28. The van der Waals surface area contributed by atoms with Gasteiger partial charge in [0.05, 0.1) is 35.4 Å². The summed E-state index contributed by atoms with van der Waals surface area (Å²) in [6, 6.07) is 12.9. The monoisotopic (exact) mass is 380 g/mol. The summed E-state index contributed by atoms with van der Waals surface area (Å²) in [5, 5.41) is 15.7. The highest BCUT2D eigenvalue weighted by molar-refractivity contribution is 5.84. The third kappa shape index (κ3) is 3.52. The van der Waals surface area contributed by atoms with Crippen molar-refractivity contribution in [2.24, 2.45) is 12.1 Å². The number of benzene rings is 2. The Bertz CT molecular complexity index is 1040. The average Bonchev–Trinajstić information content (AvgIpc) is 3.04. The summed E-state index contributed by atoms with van der Waals surface area (Å²) in [5.41, 5.74) is 6.07. The summed E-state index contributed by atoms with van der Waals surface area (Å²) in [7, 11) is 1.90. The molecule has 2 heterocycles. The molecular formula is C19H20N6O3. The van der Waals surface area contributed by atoms with E-state index in [1.54, 1.807) is 12.3 Å². The Labute approximate surface area is 161 Å². The van der Waals surface area contributed by atoms with Gasteiger partial charge in [0.2, 0.25) is 5.95 Å². The minimum atomic E-state index is -0.360. The van der Waals surface area contributed by atoms with E-state index in [1.165, 1.54) is 6.07 Å². The second kappa shape index (κ2) is 7.65. The number of nitrogens with zero attached hydrogens (tertiary/aromatic N) is 5. The summed E-state index contributed by atoms with van der Waals surface area (Å²) in [6.45, 7) is 2.43. The molecule has 0 unspecified atom stereocenters. The van der Waals surface area contributed by atoms with Crippen LogP contribution < -0.4 is 10.3 Å². The summed E-state index contributed by atoms with van der Waals surface area (Å²) < 4.78 is 7.22. The molecule has 144 valence electrons. The van der Waals surface area contributed by atoms with Crippen molar-refractivity contribution < 1.29 is 9.66 Å². The molecule has 28 heavy (non-hydrogen) atoms. The maximum atomic E-state index is 11.5. The first-order valence-corrected chi connectivity index (χ1v) is 8.95. The molecule has 0 bridgehead atoms. The van der Waals surface area contributed by atoms with Gasteiger partial charge in [0.1, 0.15) is 5.69 Å². The van der Waals surface area contributed by atoms with Gasteiger partial charge >= 0.3 is 0 Å². The smallest absolute Gasteiger partial charge is 0.293 e. The second-order valence-electron chi connectivity index (χ2n) is 6.46. The molecule has 1 saturated heterocycles. The Morgan fingerprint density at radius 1 is 1.25 bits per heavy atom. The fourth-order valence-corrected chi connectivity index (χ4v) is 3.25. The number of hydrogen-bond acceptors (Lipinski definition) is 7. The zero-order chi connectivity index (χ0) is 19.5. The molecule has 2 aromatic carbocycles. The van der Waals surface area contributed by atoms with Crippen LogP contribution in [-0.4, -0.2) is 47.0 Å². The molecular weight excluding hydrogens is 360 g/mol. The lowest BCUT2D eigenvalue weighted by atomic mass is 10.1. The van der Waals surface area contributed by atoms with Crippen molar-refractivity contribution in [2.45, 2.75) is 0 Å². The zero-order valence-corrected chi connectivity index (χ0v) is 15.4. The summed E-state index contributed by atoms with van der Waals surface area (Å²) in [6.07, 6.45) is 1.55. The number of anilines is 2. The van der Waals surface area contributed by atoms with Gasteiger partial charge in [-0.1, -0.05) is 18.2 Å². The molecule has 1 N–H and O–H groups in total. The van der Waals surface area contributed by atoms with Gasteiger partial charge in [0.15, 0.2) is 0 Å². The molecule has 0 radical (unpaired) electrons. The Morgan fingerprint density at radius 3 is 2.79 bits per heavy atom. The van der Waals surface area contributed by atoms with Crippen LogP contribution in [-0.2, 0) is 11.8 Å². The van der Waals surface area contributed by atoms with Crippen molar-refractivity contribution >= 4 is 34.6 Å². The predicted molar refractivity (Wildman–Crippen MR) is 108 cm³/mol. The summed E-state index contributed by atoms with van der Waals surface area (Å²) >= 11 is 0. The number of para-hydroxylation sites is 2. The number of hydrogen-bond donors (Lipinski definition) is 1. The zero-order valence-electron chi connectivity index (χ0n) is 15.4. The van der Waals surface area contributed by atoms with E-state index < -0.39 is 0 Å². The van der Waals surface area contributed by atoms with Crippen molar-refractivity contribution in [2.75, 3.05) is 36.6 Å². The first-order chi connectivity index (χ1) is 13.6. The third-order valence-corrected chi connectivity index (χ3v) is 4.71. The van der Waals surface area contributed by atoms with Crippen molar-refractivity contribution in [1.82, 2.24) is 9.55 Å². The van der Waals surface area contributed by atoms with Crippen LogP contribution in [0, 0.1) is 10.1 Å². The van der Waals surface area contributed by atoms with Gasteiger partial charge in [-0.15, -0.1) is 0 Å². The standard InChI is InChI=1S/C19H20N6O3/c1-23-16-5-3-2-4-15(16)21-19(23)22-20-13-14-6-7-17(18(12-14)25(26)27)24-8-10-28-11-9-24/h2-7,12-13H,8-11H2,1H3,(H,21,22)/b20-13-. The Hall–Kier alpha value is -3.46. The van der Waals surface area contributed by atoms with Crippen molar-refractivity contribution in [3.63, 3.8) is 0 Å². The summed E-state index contributed by atoms with van der Waals surface area (Å²) in [4.78, 5) is 17.6. The number of fused-ring (bicyclic) bond motifs is 1. The van der Waals surface area contributed by atoms with Crippen LogP contribution >= 0.6 is 0 Å². The van der Waals surface area contributed by atoms with Crippen LogP contribution in [0.1, 0.15) is 5.56 Å². The van der Waals surface area contributed by atoms with Crippen LogP contribution in [0.15, 0.2) is 47.6 Å². The quantitative estimate of drug-likeness (QED) is 0.415. The van der Waals surface area contributed by atoms with E-state index in [0.717, 1.165) is 11.0 Å². The number of ether oxygens (including phenoxy) is 1. The fraction of sp³-hybridized carbons (Fsp3) is 0.263. The maximum Gasteiger partial charge on any atom is 0.293 e. The highest BCUT2D eigenvalue weighted by Gasteiger charge is 2.21. The number of nitrogens with one attached hydrogen (secondary N) is 1. The Kier molecular flexibility index (Phi) is 4.90. The van der Waals surface area contributed by atoms with Gasteiger partial charge in [-0.3, -0.25) is 10.1 Å². The highest BCUT2D eigenvalue weighted by atomic mass is 16.6. The number of imidazole rings is 1. The highest BCUT2D eigenvalue weighted by Crippen LogP contribution is 2.29. The molecule has 9 heteroatoms. The molecule has 0 amide bonds. The van der Waals surface area contributed by atoms with Gasteiger partial charge in [-0.25, -0.2) is 10.4 Å². The molecule has 1 fully saturated rings. The number of nitro groups is 1. The maximum absolute atomic E-state index is 11.5. The molecule has 0 atom stereocenters. The minimum Gasteiger partial charge on any atom is -0.378 e. The molecule has 0 saturated carbocycles. The van der Waals surface area contributed by atoms with E-state index >= 15 is 0 Å². The molecule has 1 aliphatic heterocycles. The van der Waals surface area contributed by atoms with Crippen LogP contribution in [0.5, 0.6) is 0 Å². The largest absolute Gasteiger partial charge is 0.378 e. The van der Waals surface area contributed by atoms with Gasteiger partial charge in [0.25, 0.3) is 5.69 Å². The van der Waals surface area contributed by atoms with E-state index in [-0.39, 0.29) is 10.6 Å². The topological polar surface area (TPSA) is 97.8 Å². The van der Waals surface area contributed by atoms with E-state index in [2.05, 4.69) is 15.5 Å². The van der Waals surface area contributed by atoms with Crippen LogP contribution in [0.2, 0.25) is 0 Å². The number of morpholine rings is 1. The molecule has 9 nitrogen and oxygen atoms in total. The van der Waals surface area contributed by atoms with E-state index in [1.807, 2.05) is 46.8 Å². The Morgan fingerprint density at radius 2 is 2.04 bits per heavy atom. The number of hydrazone groups is 1. The first kappa shape index (κ1) is 17.9. The SMILES string of the molecule is Cn1c(N/N=C\c2ccc(N3CCOCC3)c([N+](=O)[O-])c2)nc2ccccc21. The van der Waals surface area contributed by atoms with Gasteiger partial charge in [0, 0.05) is 31.8 Å². The molecule has 1 aromatic heterocycles. The number of rotatable bonds is 5. The third-order valence-electron chi connectivity index (χ3n) is 4.71. The predicted octanol–water partition coefficient (Wildman–Crippen LogP) is 2.76. The second-order valence-corrected chi connectivity index (χ2v) is 6.46. The number of aromatic nitrogens is 2. The van der Waals surface area contributed by atoms with Gasteiger partial charge in [-0.2, -0.15) is 5.10 Å². The number of aryl methyl sites for hydroxylation is 1. The van der Waals surface area contributed by atoms with Crippen molar-refractivity contribution in [3.8, 4) is 0 Å². The molecule has 3 aromatic rings. The lowest BCUT2D eigenvalue weighted by molar-refractivity contribution is -0.384. The van der Waals surface area contributed by atoms with Gasteiger partial charge in [-0.05, 0) is 18.2 Å². The van der Waals surface area contributed by atoms with E-state index in [4.69, 9.17) is 4.74 Å². The molecule has 0 aliphatic carbocycles. The number of nitro benzene ring substituents is 1. The Balaban J connectivity index is 1.54. The first-order valence-electron chi connectivity index (χ1n) is 8.95. The van der Waals surface area contributed by atoms with Crippen molar-refractivity contribution in [1.29, 1.82) is 0 Å².